The van der Waals surface area contributed by atoms with Crippen LogP contribution in [0.4, 0.5) is 0 Å². The van der Waals surface area contributed by atoms with Crippen molar-refractivity contribution < 1.29 is 9.53 Å². The van der Waals surface area contributed by atoms with E-state index in [4.69, 9.17) is 4.74 Å². The van der Waals surface area contributed by atoms with Gasteiger partial charge in [-0.05, 0) is 23.8 Å². The Morgan fingerprint density at radius 2 is 1.71 bits per heavy atom. The molecule has 4 nitrogen and oxygen atoms in total. The maximum absolute atomic E-state index is 11.1. The number of benzene rings is 2. The van der Waals surface area contributed by atoms with Gasteiger partial charge >= 0.3 is 5.97 Å². The normalized spacial score (nSPS) is 13.1. The van der Waals surface area contributed by atoms with Gasteiger partial charge in [-0.2, -0.15) is 0 Å². The van der Waals surface area contributed by atoms with E-state index >= 15 is 0 Å². The number of nitrogens with zero attached hydrogens (tertiary/aromatic N) is 1. The summed E-state index contributed by atoms with van der Waals surface area (Å²) in [5.41, 5.74) is 4.09. The van der Waals surface area contributed by atoms with Gasteiger partial charge < -0.3 is 9.72 Å². The van der Waals surface area contributed by atoms with Crippen LogP contribution in [0.5, 0.6) is 0 Å². The van der Waals surface area contributed by atoms with Crippen LogP contribution in [-0.4, -0.2) is 22.5 Å². The standard InChI is InChI=1S/C11H8N2.C9H8O2/c1-2-4-10-8(3-1)9-5-6-12-7-11(9)13-10;10-9-8-4-2-1-3-7(8)5-6-11-9/h1-7,13H;1-4H,5-6H2. The van der Waals surface area contributed by atoms with Crippen molar-refractivity contribution in [2.45, 2.75) is 6.42 Å². The monoisotopic (exact) mass is 316 g/mol. The fourth-order valence-corrected chi connectivity index (χ4v) is 2.97. The predicted molar refractivity (Wildman–Crippen MR) is 94.0 cm³/mol. The minimum absolute atomic E-state index is 0.188. The molecule has 1 aliphatic heterocycles. The topological polar surface area (TPSA) is 55.0 Å². The summed E-state index contributed by atoms with van der Waals surface area (Å²) in [7, 11) is 0. The fourth-order valence-electron chi connectivity index (χ4n) is 2.97. The van der Waals surface area contributed by atoms with Crippen LogP contribution in [-0.2, 0) is 11.2 Å². The van der Waals surface area contributed by atoms with Gasteiger partial charge in [0.05, 0.1) is 23.9 Å². The summed E-state index contributed by atoms with van der Waals surface area (Å²) in [5, 5.41) is 2.51. The molecule has 0 unspecified atom stereocenters. The number of nitrogens with one attached hydrogen (secondary N) is 1. The van der Waals surface area contributed by atoms with Gasteiger partial charge in [0, 0.05) is 28.9 Å². The molecule has 2 aromatic heterocycles. The molecule has 0 spiro atoms. The Balaban J connectivity index is 0.000000123. The molecule has 24 heavy (non-hydrogen) atoms. The van der Waals surface area contributed by atoms with E-state index in [0.29, 0.717) is 6.61 Å². The summed E-state index contributed by atoms with van der Waals surface area (Å²) in [6, 6.07) is 17.9. The molecule has 0 bridgehead atoms. The average molecular weight is 316 g/mol. The van der Waals surface area contributed by atoms with E-state index in [1.165, 1.54) is 16.3 Å². The van der Waals surface area contributed by atoms with E-state index in [1.807, 2.05) is 42.7 Å². The van der Waals surface area contributed by atoms with Crippen LogP contribution in [0.25, 0.3) is 21.8 Å². The lowest BCUT2D eigenvalue weighted by Gasteiger charge is -2.14. The molecule has 5 rings (SSSR count). The molecule has 0 saturated heterocycles. The zero-order valence-corrected chi connectivity index (χ0v) is 13.0. The number of aromatic amines is 1. The summed E-state index contributed by atoms with van der Waals surface area (Å²) >= 11 is 0. The number of aromatic nitrogens is 2. The van der Waals surface area contributed by atoms with Crippen molar-refractivity contribution in [3.63, 3.8) is 0 Å². The Labute approximate surface area is 139 Å². The van der Waals surface area contributed by atoms with Crippen LogP contribution in [0.1, 0.15) is 15.9 Å². The Morgan fingerprint density at radius 1 is 0.917 bits per heavy atom. The molecular formula is C20H16N2O2. The maximum atomic E-state index is 11.1. The summed E-state index contributed by atoms with van der Waals surface area (Å²) in [6.07, 6.45) is 4.53. The highest BCUT2D eigenvalue weighted by molar-refractivity contribution is 6.06. The highest BCUT2D eigenvalue weighted by Crippen LogP contribution is 2.23. The van der Waals surface area contributed by atoms with Gasteiger partial charge in [0.15, 0.2) is 0 Å². The number of esters is 1. The number of cyclic esters (lactones) is 1. The number of H-pyrrole nitrogens is 1. The third kappa shape index (κ3) is 2.63. The number of hydrogen-bond donors (Lipinski definition) is 1. The molecular weight excluding hydrogens is 300 g/mol. The second kappa shape index (κ2) is 6.16. The summed E-state index contributed by atoms with van der Waals surface area (Å²) < 4.78 is 4.87. The lowest BCUT2D eigenvalue weighted by Crippen LogP contribution is -2.16. The SMILES string of the molecule is O=C1OCCc2ccccc21.c1ccc2c(c1)[nH]c1cnccc12. The number of carbonyl (C=O) groups excluding carboxylic acids is 1. The predicted octanol–water partition coefficient (Wildman–Crippen LogP) is 4.12. The molecule has 1 aliphatic rings. The summed E-state index contributed by atoms with van der Waals surface area (Å²) in [6.45, 7) is 0.524. The minimum Gasteiger partial charge on any atom is -0.462 e. The first kappa shape index (κ1) is 14.5. The highest BCUT2D eigenvalue weighted by Gasteiger charge is 2.16. The molecule has 3 heterocycles. The second-order valence-corrected chi connectivity index (χ2v) is 5.63. The number of carbonyl (C=O) groups is 1. The van der Waals surface area contributed by atoms with Crippen LogP contribution in [0.3, 0.4) is 0 Å². The first-order valence-electron chi connectivity index (χ1n) is 7.88. The lowest BCUT2D eigenvalue weighted by atomic mass is 10.0. The first-order chi connectivity index (χ1) is 11.8. The Hall–Kier alpha value is -3.14. The van der Waals surface area contributed by atoms with E-state index in [-0.39, 0.29) is 5.97 Å². The van der Waals surface area contributed by atoms with Crippen molar-refractivity contribution in [2.75, 3.05) is 6.61 Å². The Bertz CT molecular complexity index is 970. The maximum Gasteiger partial charge on any atom is 0.338 e. The smallest absolute Gasteiger partial charge is 0.338 e. The van der Waals surface area contributed by atoms with E-state index < -0.39 is 0 Å². The van der Waals surface area contributed by atoms with E-state index in [9.17, 15) is 4.79 Å². The van der Waals surface area contributed by atoms with Crippen molar-refractivity contribution >= 4 is 27.8 Å². The number of para-hydroxylation sites is 1. The zero-order chi connectivity index (χ0) is 16.4. The van der Waals surface area contributed by atoms with Gasteiger partial charge in [-0.3, -0.25) is 4.98 Å². The summed E-state index contributed by atoms with van der Waals surface area (Å²) in [5.74, 6) is -0.188. The molecule has 0 amide bonds. The molecule has 118 valence electrons. The van der Waals surface area contributed by atoms with Crippen molar-refractivity contribution in [1.29, 1.82) is 0 Å². The van der Waals surface area contributed by atoms with Crippen molar-refractivity contribution in [3.8, 4) is 0 Å². The van der Waals surface area contributed by atoms with Crippen molar-refractivity contribution in [1.82, 2.24) is 9.97 Å². The largest absolute Gasteiger partial charge is 0.462 e. The van der Waals surface area contributed by atoms with Crippen molar-refractivity contribution in [3.05, 3.63) is 78.1 Å². The molecule has 0 aliphatic carbocycles. The van der Waals surface area contributed by atoms with Gasteiger partial charge in [0.25, 0.3) is 0 Å². The van der Waals surface area contributed by atoms with Gasteiger partial charge in [0.2, 0.25) is 0 Å². The molecule has 2 aromatic carbocycles. The van der Waals surface area contributed by atoms with Crippen LogP contribution < -0.4 is 0 Å². The molecule has 1 N–H and O–H groups in total. The van der Waals surface area contributed by atoms with Crippen LogP contribution in [0, 0.1) is 0 Å². The van der Waals surface area contributed by atoms with Crippen LogP contribution in [0.15, 0.2) is 67.0 Å². The fraction of sp³-hybridized carbons (Fsp3) is 0.100. The molecule has 0 fully saturated rings. The third-order valence-electron chi connectivity index (χ3n) is 4.15. The van der Waals surface area contributed by atoms with Gasteiger partial charge in [-0.25, -0.2) is 4.79 Å². The van der Waals surface area contributed by atoms with E-state index in [2.05, 4.69) is 28.2 Å². The number of rotatable bonds is 0. The molecule has 4 heteroatoms. The molecule has 0 radical (unpaired) electrons. The lowest BCUT2D eigenvalue weighted by molar-refractivity contribution is 0.0480. The van der Waals surface area contributed by atoms with Gasteiger partial charge in [0.1, 0.15) is 0 Å². The average Bonchev–Trinajstić information content (AvgIpc) is 3.02. The number of ether oxygens (including phenoxy) is 1. The second-order valence-electron chi connectivity index (χ2n) is 5.63. The molecule has 0 atom stereocenters. The Morgan fingerprint density at radius 3 is 2.62 bits per heavy atom. The van der Waals surface area contributed by atoms with Gasteiger partial charge in [-0.1, -0.05) is 36.4 Å². The van der Waals surface area contributed by atoms with Crippen LogP contribution >= 0.6 is 0 Å². The molecule has 4 aromatic rings. The third-order valence-corrected chi connectivity index (χ3v) is 4.15. The molecule has 0 saturated carbocycles. The number of pyridine rings is 1. The number of hydrogen-bond acceptors (Lipinski definition) is 3. The highest BCUT2D eigenvalue weighted by atomic mass is 16.5. The summed E-state index contributed by atoms with van der Waals surface area (Å²) in [4.78, 5) is 18.5. The van der Waals surface area contributed by atoms with E-state index in [0.717, 1.165) is 23.1 Å². The Kier molecular flexibility index (Phi) is 3.71. The number of fused-ring (bicyclic) bond motifs is 4. The quantitative estimate of drug-likeness (QED) is 0.497. The first-order valence-corrected chi connectivity index (χ1v) is 7.88. The zero-order valence-electron chi connectivity index (χ0n) is 13.0. The van der Waals surface area contributed by atoms with Crippen LogP contribution in [0.2, 0.25) is 0 Å². The van der Waals surface area contributed by atoms with Crippen molar-refractivity contribution in [2.24, 2.45) is 0 Å². The van der Waals surface area contributed by atoms with E-state index in [1.54, 1.807) is 6.07 Å². The van der Waals surface area contributed by atoms with Gasteiger partial charge in [-0.15, -0.1) is 0 Å². The minimum atomic E-state index is -0.188.